The number of aromatic nitrogens is 8. The van der Waals surface area contributed by atoms with E-state index in [2.05, 4.69) is 74.4 Å². The highest BCUT2D eigenvalue weighted by Gasteiger charge is 2.25. The molecule has 0 spiro atoms. The number of nitrogens with zero attached hydrogens (tertiary/aromatic N) is 7. The van der Waals surface area contributed by atoms with Gasteiger partial charge in [-0.3, -0.25) is 0 Å². The van der Waals surface area contributed by atoms with Crippen molar-refractivity contribution in [3.05, 3.63) is 59.9 Å². The van der Waals surface area contributed by atoms with E-state index < -0.39 is 0 Å². The normalized spacial score (nSPS) is 11.7. The number of ether oxygens (including phenoxy) is 2. The molecule has 1 N–H and O–H groups in total. The van der Waals surface area contributed by atoms with Crippen molar-refractivity contribution in [3.63, 3.8) is 0 Å². The number of fused-ring (bicyclic) bond motifs is 1. The first kappa shape index (κ1) is 23.4. The molecule has 10 nitrogen and oxygen atoms in total. The highest BCUT2D eigenvalue weighted by atomic mass is 16.5. The van der Waals surface area contributed by atoms with E-state index >= 15 is 0 Å². The van der Waals surface area contributed by atoms with Gasteiger partial charge >= 0.3 is 0 Å². The van der Waals surface area contributed by atoms with Gasteiger partial charge in [-0.15, -0.1) is 20.4 Å². The third kappa shape index (κ3) is 4.37. The van der Waals surface area contributed by atoms with E-state index in [-0.39, 0.29) is 5.41 Å². The fourth-order valence-electron chi connectivity index (χ4n) is 4.39. The maximum Gasteiger partial charge on any atom is 0.261 e. The summed E-state index contributed by atoms with van der Waals surface area (Å²) in [6.45, 7) is 7.12. The van der Waals surface area contributed by atoms with Crippen molar-refractivity contribution in [2.45, 2.75) is 33.7 Å². The Balaban J connectivity index is 1.70. The van der Waals surface area contributed by atoms with Gasteiger partial charge in [0.1, 0.15) is 11.3 Å². The van der Waals surface area contributed by atoms with E-state index in [1.807, 2.05) is 30.3 Å². The molecule has 0 fully saturated rings. The lowest BCUT2D eigenvalue weighted by molar-refractivity contribution is 0.373. The largest absolute Gasteiger partial charge is 0.478 e. The van der Waals surface area contributed by atoms with E-state index in [1.54, 1.807) is 14.2 Å². The van der Waals surface area contributed by atoms with Crippen LogP contribution in [0.1, 0.15) is 32.2 Å². The second kappa shape index (κ2) is 9.37. The summed E-state index contributed by atoms with van der Waals surface area (Å²) in [4.78, 5) is 4.96. The highest BCUT2D eigenvalue weighted by molar-refractivity contribution is 5.86. The lowest BCUT2D eigenvalue weighted by Crippen LogP contribution is -2.15. The third-order valence-electron chi connectivity index (χ3n) is 5.91. The van der Waals surface area contributed by atoms with Crippen molar-refractivity contribution in [1.29, 1.82) is 0 Å². The minimum atomic E-state index is 0.00515. The molecule has 5 aromatic rings. The van der Waals surface area contributed by atoms with Crippen LogP contribution in [-0.2, 0) is 13.0 Å². The molecule has 0 saturated carbocycles. The predicted octanol–water partition coefficient (Wildman–Crippen LogP) is 4.33. The summed E-state index contributed by atoms with van der Waals surface area (Å²) in [5.74, 6) is 2.23. The molecule has 0 radical (unpaired) electrons. The van der Waals surface area contributed by atoms with Gasteiger partial charge in [0.05, 0.1) is 20.8 Å². The standard InChI is InChI=1S/C26H28N8O2/c1-26(2,3)14-20-27-21-22(25(36-5)31-30-24(21)35-4)34(20)15-16-10-6-7-11-17(16)18-12-8-9-13-19(18)23-28-32-33-29-23/h6-13H,14-15H2,1-5H3,(H,28,29,32,33). The molecule has 36 heavy (non-hydrogen) atoms. The summed E-state index contributed by atoms with van der Waals surface area (Å²) in [6, 6.07) is 16.3. The molecule has 0 aliphatic heterocycles. The summed E-state index contributed by atoms with van der Waals surface area (Å²) in [6.07, 6.45) is 0.746. The van der Waals surface area contributed by atoms with E-state index in [9.17, 15) is 0 Å². The van der Waals surface area contributed by atoms with Crippen LogP contribution in [-0.4, -0.2) is 54.6 Å². The van der Waals surface area contributed by atoms with Crippen LogP contribution in [0.25, 0.3) is 33.5 Å². The minimum absolute atomic E-state index is 0.00515. The smallest absolute Gasteiger partial charge is 0.261 e. The Labute approximate surface area is 208 Å². The first-order valence-corrected chi connectivity index (χ1v) is 11.6. The molecular weight excluding hydrogens is 456 g/mol. The molecular formula is C26H28N8O2. The van der Waals surface area contributed by atoms with Crippen LogP contribution in [0.5, 0.6) is 11.8 Å². The van der Waals surface area contributed by atoms with Crippen LogP contribution in [0.2, 0.25) is 0 Å². The van der Waals surface area contributed by atoms with Gasteiger partial charge in [0, 0.05) is 12.0 Å². The number of tetrazole rings is 1. The lowest BCUT2D eigenvalue weighted by atomic mass is 9.91. The fraction of sp³-hybridized carbons (Fsp3) is 0.308. The first-order chi connectivity index (χ1) is 17.4. The van der Waals surface area contributed by atoms with Crippen LogP contribution in [0.4, 0.5) is 0 Å². The van der Waals surface area contributed by atoms with E-state index in [0.29, 0.717) is 29.6 Å². The zero-order chi connectivity index (χ0) is 25.3. The molecule has 0 aliphatic carbocycles. The van der Waals surface area contributed by atoms with Gasteiger partial charge in [0.25, 0.3) is 11.8 Å². The number of rotatable bonds is 7. The van der Waals surface area contributed by atoms with E-state index in [0.717, 1.165) is 40.0 Å². The van der Waals surface area contributed by atoms with Gasteiger partial charge < -0.3 is 14.0 Å². The Morgan fingerprint density at radius 1 is 0.833 bits per heavy atom. The maximum absolute atomic E-state index is 5.61. The predicted molar refractivity (Wildman–Crippen MR) is 136 cm³/mol. The molecule has 0 saturated heterocycles. The fourth-order valence-corrected chi connectivity index (χ4v) is 4.39. The Morgan fingerprint density at radius 2 is 1.50 bits per heavy atom. The molecule has 2 aromatic carbocycles. The molecule has 0 amide bonds. The van der Waals surface area contributed by atoms with Crippen molar-refractivity contribution in [2.24, 2.45) is 5.41 Å². The lowest BCUT2D eigenvalue weighted by Gasteiger charge is -2.20. The van der Waals surface area contributed by atoms with Crippen LogP contribution in [0.15, 0.2) is 48.5 Å². The van der Waals surface area contributed by atoms with Crippen molar-refractivity contribution in [1.82, 2.24) is 40.4 Å². The molecule has 0 unspecified atom stereocenters. The van der Waals surface area contributed by atoms with Crippen LogP contribution >= 0.6 is 0 Å². The number of H-pyrrole nitrogens is 1. The van der Waals surface area contributed by atoms with Crippen molar-refractivity contribution in [2.75, 3.05) is 14.2 Å². The summed E-state index contributed by atoms with van der Waals surface area (Å²) in [7, 11) is 3.16. The number of hydrogen-bond acceptors (Lipinski definition) is 8. The van der Waals surface area contributed by atoms with Crippen molar-refractivity contribution >= 4 is 11.0 Å². The van der Waals surface area contributed by atoms with Crippen LogP contribution < -0.4 is 9.47 Å². The SMILES string of the molecule is COc1nnc(OC)c2c1nc(CC(C)(C)C)n2Cc1ccccc1-c1ccccc1-c1nn[nH]n1. The average Bonchev–Trinajstić information content (AvgIpc) is 3.52. The van der Waals surface area contributed by atoms with E-state index in [1.165, 1.54) is 0 Å². The Bertz CT molecular complexity index is 1500. The number of hydrogen-bond donors (Lipinski definition) is 1. The first-order valence-electron chi connectivity index (χ1n) is 11.6. The third-order valence-corrected chi connectivity index (χ3v) is 5.91. The number of nitrogens with one attached hydrogen (secondary N) is 1. The average molecular weight is 485 g/mol. The van der Waals surface area contributed by atoms with Crippen LogP contribution in [0, 0.1) is 5.41 Å². The molecule has 3 heterocycles. The maximum atomic E-state index is 5.61. The zero-order valence-corrected chi connectivity index (χ0v) is 21.0. The minimum Gasteiger partial charge on any atom is -0.478 e. The van der Waals surface area contributed by atoms with Gasteiger partial charge in [-0.1, -0.05) is 69.3 Å². The molecule has 5 rings (SSSR count). The Morgan fingerprint density at radius 3 is 2.17 bits per heavy atom. The molecule has 184 valence electrons. The van der Waals surface area contributed by atoms with Crippen molar-refractivity contribution < 1.29 is 9.47 Å². The number of benzene rings is 2. The second-order valence-corrected chi connectivity index (χ2v) is 9.71. The zero-order valence-electron chi connectivity index (χ0n) is 21.0. The Hall–Kier alpha value is -4.34. The number of aromatic amines is 1. The van der Waals surface area contributed by atoms with Crippen LogP contribution in [0.3, 0.4) is 0 Å². The van der Waals surface area contributed by atoms with Gasteiger partial charge in [0.2, 0.25) is 5.82 Å². The summed E-state index contributed by atoms with van der Waals surface area (Å²) in [5.41, 5.74) is 5.47. The monoisotopic (exact) mass is 484 g/mol. The quantitative estimate of drug-likeness (QED) is 0.363. The molecule has 0 atom stereocenters. The van der Waals surface area contributed by atoms with E-state index in [4.69, 9.17) is 14.5 Å². The number of imidazole rings is 1. The van der Waals surface area contributed by atoms with Gasteiger partial charge in [0.15, 0.2) is 5.52 Å². The molecule has 0 aliphatic rings. The molecule has 10 heteroatoms. The second-order valence-electron chi connectivity index (χ2n) is 9.71. The summed E-state index contributed by atoms with van der Waals surface area (Å²) < 4.78 is 13.3. The topological polar surface area (TPSA) is 117 Å². The van der Waals surface area contributed by atoms with Crippen molar-refractivity contribution in [3.8, 4) is 34.3 Å². The summed E-state index contributed by atoms with van der Waals surface area (Å²) in [5, 5.41) is 23.1. The van der Waals surface area contributed by atoms with Gasteiger partial charge in [-0.05, 0) is 27.3 Å². The highest BCUT2D eigenvalue weighted by Crippen LogP contribution is 2.36. The molecule has 0 bridgehead atoms. The molecule has 3 aromatic heterocycles. The summed E-state index contributed by atoms with van der Waals surface area (Å²) >= 11 is 0. The van der Waals surface area contributed by atoms with Gasteiger partial charge in [-0.25, -0.2) is 4.98 Å². The number of methoxy groups -OCH3 is 2. The Kier molecular flexibility index (Phi) is 6.09. The van der Waals surface area contributed by atoms with Gasteiger partial charge in [-0.2, -0.15) is 5.21 Å².